The molecular formula is C19H16ClN3O2. The van der Waals surface area contributed by atoms with Crippen molar-refractivity contribution in [2.45, 2.75) is 13.0 Å². The number of aromatic amines is 1. The lowest BCUT2D eigenvalue weighted by molar-refractivity contribution is 0.147. The molecule has 5 nitrogen and oxygen atoms in total. The summed E-state index contributed by atoms with van der Waals surface area (Å²) in [6, 6.07) is 16.6. The first-order valence-electron chi connectivity index (χ1n) is 8.04. The van der Waals surface area contributed by atoms with Gasteiger partial charge in [0.15, 0.2) is 0 Å². The van der Waals surface area contributed by atoms with Crippen LogP contribution in [0.3, 0.4) is 0 Å². The van der Waals surface area contributed by atoms with Crippen molar-refractivity contribution in [2.24, 2.45) is 0 Å². The Morgan fingerprint density at radius 3 is 2.64 bits per heavy atom. The van der Waals surface area contributed by atoms with E-state index < -0.39 is 0 Å². The molecule has 6 heteroatoms. The van der Waals surface area contributed by atoms with Gasteiger partial charge in [-0.1, -0.05) is 41.9 Å². The Labute approximate surface area is 150 Å². The van der Waals surface area contributed by atoms with Crippen molar-refractivity contribution in [3.05, 3.63) is 70.9 Å². The summed E-state index contributed by atoms with van der Waals surface area (Å²) in [6.45, 7) is 1.07. The number of hydrogen-bond donors (Lipinski definition) is 1. The first kappa shape index (κ1) is 15.7. The molecule has 126 valence electrons. The van der Waals surface area contributed by atoms with Crippen LogP contribution < -0.4 is 4.74 Å². The van der Waals surface area contributed by atoms with Crippen LogP contribution in [0.1, 0.15) is 11.3 Å². The maximum atomic E-state index is 12.4. The topological polar surface area (TPSA) is 58.2 Å². The summed E-state index contributed by atoms with van der Waals surface area (Å²) in [5.41, 5.74) is 3.91. The maximum absolute atomic E-state index is 12.4. The lowest BCUT2D eigenvalue weighted by Crippen LogP contribution is -2.37. The van der Waals surface area contributed by atoms with Crippen molar-refractivity contribution in [1.82, 2.24) is 15.1 Å². The highest BCUT2D eigenvalue weighted by atomic mass is 35.5. The Morgan fingerprint density at radius 1 is 1.12 bits per heavy atom. The maximum Gasteiger partial charge on any atom is 0.415 e. The van der Waals surface area contributed by atoms with Crippen molar-refractivity contribution in [3.63, 3.8) is 0 Å². The quantitative estimate of drug-likeness (QED) is 0.747. The molecule has 1 N–H and O–H groups in total. The van der Waals surface area contributed by atoms with Crippen molar-refractivity contribution < 1.29 is 9.53 Å². The van der Waals surface area contributed by atoms with Gasteiger partial charge in [-0.3, -0.25) is 5.10 Å². The van der Waals surface area contributed by atoms with Crippen molar-refractivity contribution in [2.75, 3.05) is 6.54 Å². The number of aromatic nitrogens is 2. The summed E-state index contributed by atoms with van der Waals surface area (Å²) in [6.07, 6.45) is 0.375. The van der Waals surface area contributed by atoms with Crippen LogP contribution in [-0.2, 0) is 13.0 Å². The van der Waals surface area contributed by atoms with Gasteiger partial charge in [-0.2, -0.15) is 5.10 Å². The Balaban J connectivity index is 1.55. The number of nitrogens with one attached hydrogen (secondary N) is 1. The molecule has 0 aliphatic carbocycles. The average molecular weight is 354 g/mol. The SMILES string of the molecule is O=C(Oc1ccccc1)N1CCc2[nH]nc(-c3ccc(Cl)cc3)c2C1. The van der Waals surface area contributed by atoms with E-state index in [0.717, 1.165) is 28.9 Å². The van der Waals surface area contributed by atoms with Crippen LogP contribution in [0.15, 0.2) is 54.6 Å². The van der Waals surface area contributed by atoms with E-state index in [-0.39, 0.29) is 6.09 Å². The molecule has 0 saturated heterocycles. The second-order valence-corrected chi connectivity index (χ2v) is 6.33. The number of H-pyrrole nitrogens is 1. The van der Waals surface area contributed by atoms with Crippen LogP contribution in [0.25, 0.3) is 11.3 Å². The predicted molar refractivity (Wildman–Crippen MR) is 95.6 cm³/mol. The zero-order valence-electron chi connectivity index (χ0n) is 13.4. The van der Waals surface area contributed by atoms with E-state index in [2.05, 4.69) is 10.2 Å². The molecule has 0 radical (unpaired) electrons. The number of carbonyl (C=O) groups excluding carboxylic acids is 1. The number of halogens is 1. The lowest BCUT2D eigenvalue weighted by Gasteiger charge is -2.26. The van der Waals surface area contributed by atoms with Gasteiger partial charge in [0.2, 0.25) is 0 Å². The van der Waals surface area contributed by atoms with E-state index in [0.29, 0.717) is 23.9 Å². The van der Waals surface area contributed by atoms with Crippen LogP contribution in [0.2, 0.25) is 5.02 Å². The number of para-hydroxylation sites is 1. The van der Waals surface area contributed by atoms with Crippen molar-refractivity contribution in [1.29, 1.82) is 0 Å². The summed E-state index contributed by atoms with van der Waals surface area (Å²) in [5, 5.41) is 8.20. The van der Waals surface area contributed by atoms with Crippen molar-refractivity contribution >= 4 is 17.7 Å². The molecule has 1 aliphatic rings. The van der Waals surface area contributed by atoms with Gasteiger partial charge in [0.25, 0.3) is 0 Å². The fourth-order valence-electron chi connectivity index (χ4n) is 2.95. The number of rotatable bonds is 2. The zero-order chi connectivity index (χ0) is 17.2. The Kier molecular flexibility index (Phi) is 4.15. The van der Waals surface area contributed by atoms with E-state index >= 15 is 0 Å². The van der Waals surface area contributed by atoms with E-state index in [4.69, 9.17) is 16.3 Å². The molecule has 4 rings (SSSR count). The number of carbonyl (C=O) groups is 1. The van der Waals surface area contributed by atoms with Gasteiger partial charge in [-0.15, -0.1) is 0 Å². The first-order valence-corrected chi connectivity index (χ1v) is 8.42. The minimum atomic E-state index is -0.347. The third-order valence-electron chi connectivity index (χ3n) is 4.26. The monoisotopic (exact) mass is 353 g/mol. The molecule has 0 atom stereocenters. The van der Waals surface area contributed by atoms with Gasteiger partial charge in [0.1, 0.15) is 5.75 Å². The highest BCUT2D eigenvalue weighted by molar-refractivity contribution is 6.30. The third-order valence-corrected chi connectivity index (χ3v) is 4.51. The minimum Gasteiger partial charge on any atom is -0.410 e. The van der Waals surface area contributed by atoms with Gasteiger partial charge in [-0.05, 0) is 24.3 Å². The second kappa shape index (κ2) is 6.61. The number of hydrogen-bond acceptors (Lipinski definition) is 3. The smallest absolute Gasteiger partial charge is 0.410 e. The molecule has 0 spiro atoms. The van der Waals surface area contributed by atoms with Gasteiger partial charge >= 0.3 is 6.09 Å². The molecule has 2 heterocycles. The van der Waals surface area contributed by atoms with Crippen molar-refractivity contribution in [3.8, 4) is 17.0 Å². The molecule has 0 fully saturated rings. The Bertz CT molecular complexity index is 891. The largest absolute Gasteiger partial charge is 0.415 e. The van der Waals surface area contributed by atoms with E-state index in [9.17, 15) is 4.79 Å². The van der Waals surface area contributed by atoms with Gasteiger partial charge in [0.05, 0.1) is 12.2 Å². The number of ether oxygens (including phenoxy) is 1. The summed E-state index contributed by atoms with van der Waals surface area (Å²) in [5.74, 6) is 0.545. The van der Waals surface area contributed by atoms with Gasteiger partial charge in [-0.25, -0.2) is 4.79 Å². The summed E-state index contributed by atoms with van der Waals surface area (Å²) < 4.78 is 5.45. The number of nitrogens with zero attached hydrogens (tertiary/aromatic N) is 2. The predicted octanol–water partition coefficient (Wildman–Crippen LogP) is 4.29. The van der Waals surface area contributed by atoms with Crippen LogP contribution in [0.4, 0.5) is 4.79 Å². The molecule has 25 heavy (non-hydrogen) atoms. The summed E-state index contributed by atoms with van der Waals surface area (Å²) in [7, 11) is 0. The Morgan fingerprint density at radius 2 is 1.88 bits per heavy atom. The fraction of sp³-hybridized carbons (Fsp3) is 0.158. The third kappa shape index (κ3) is 3.23. The van der Waals surface area contributed by atoms with Crippen LogP contribution in [0.5, 0.6) is 5.75 Å². The first-order chi connectivity index (χ1) is 12.2. The van der Waals surface area contributed by atoms with E-state index in [1.807, 2.05) is 42.5 Å². The Hall–Kier alpha value is -2.79. The number of benzene rings is 2. The second-order valence-electron chi connectivity index (χ2n) is 5.89. The highest BCUT2D eigenvalue weighted by Crippen LogP contribution is 2.29. The molecule has 1 aromatic heterocycles. The molecular weight excluding hydrogens is 338 g/mol. The van der Waals surface area contributed by atoms with E-state index in [1.165, 1.54) is 0 Å². The summed E-state index contributed by atoms with van der Waals surface area (Å²) in [4.78, 5) is 14.1. The number of amides is 1. The molecule has 0 saturated carbocycles. The van der Waals surface area contributed by atoms with Crippen LogP contribution in [-0.4, -0.2) is 27.7 Å². The minimum absolute atomic E-state index is 0.347. The van der Waals surface area contributed by atoms with Crippen LogP contribution >= 0.6 is 11.6 Å². The molecule has 1 aliphatic heterocycles. The molecule has 3 aromatic rings. The standard InChI is InChI=1S/C19H16ClN3O2/c20-14-8-6-13(7-9-14)18-16-12-23(11-10-17(16)21-22-18)19(24)25-15-4-2-1-3-5-15/h1-9H,10-12H2,(H,21,22). The van der Waals surface area contributed by atoms with E-state index in [1.54, 1.807) is 17.0 Å². The lowest BCUT2D eigenvalue weighted by atomic mass is 10.0. The number of fused-ring (bicyclic) bond motifs is 1. The van der Waals surface area contributed by atoms with Gasteiger partial charge < -0.3 is 9.64 Å². The fourth-order valence-corrected chi connectivity index (χ4v) is 3.08. The summed E-state index contributed by atoms with van der Waals surface area (Å²) >= 11 is 5.96. The highest BCUT2D eigenvalue weighted by Gasteiger charge is 2.26. The normalized spacial score (nSPS) is 13.4. The average Bonchev–Trinajstić information content (AvgIpc) is 3.06. The molecule has 0 unspecified atom stereocenters. The molecule has 1 amide bonds. The molecule has 0 bridgehead atoms. The van der Waals surface area contributed by atoms with Crippen LogP contribution in [0, 0.1) is 0 Å². The molecule has 2 aromatic carbocycles. The zero-order valence-corrected chi connectivity index (χ0v) is 14.2. The van der Waals surface area contributed by atoms with Gasteiger partial charge in [0, 0.05) is 34.8 Å².